The fourth-order valence-corrected chi connectivity index (χ4v) is 2.31. The summed E-state index contributed by atoms with van der Waals surface area (Å²) in [6, 6.07) is 11.3. The van der Waals surface area contributed by atoms with Crippen molar-refractivity contribution < 1.29 is 14.3 Å². The van der Waals surface area contributed by atoms with Gasteiger partial charge in [-0.3, -0.25) is 4.79 Å². The van der Waals surface area contributed by atoms with Crippen molar-refractivity contribution in [1.82, 2.24) is 0 Å². The molecular formula is C16H20ClNO3. The number of methoxy groups -OCH3 is 1. The monoisotopic (exact) mass is 309 g/mol. The second kappa shape index (κ2) is 7.86. The van der Waals surface area contributed by atoms with Crippen LogP contribution in [0.25, 0.3) is 10.8 Å². The number of fused-ring (bicyclic) bond motifs is 1. The van der Waals surface area contributed by atoms with Gasteiger partial charge in [0.05, 0.1) is 20.1 Å². The highest BCUT2D eigenvalue weighted by Crippen LogP contribution is 2.31. The molecule has 4 nitrogen and oxygen atoms in total. The van der Waals surface area contributed by atoms with Crippen LogP contribution in [0.5, 0.6) is 5.75 Å². The number of carbonyl (C=O) groups excluding carboxylic acids is 1. The predicted octanol–water partition coefficient (Wildman–Crippen LogP) is 3.22. The largest absolute Gasteiger partial charge is 0.496 e. The molecule has 0 saturated heterocycles. The van der Waals surface area contributed by atoms with Gasteiger partial charge in [-0.2, -0.15) is 0 Å². The highest BCUT2D eigenvalue weighted by Gasteiger charge is 2.16. The smallest absolute Gasteiger partial charge is 0.307 e. The van der Waals surface area contributed by atoms with E-state index in [0.29, 0.717) is 6.61 Å². The summed E-state index contributed by atoms with van der Waals surface area (Å²) in [5, 5.41) is 2.00. The molecule has 0 radical (unpaired) electrons. The third-order valence-corrected chi connectivity index (χ3v) is 3.23. The standard InChI is InChI=1S/C16H19NO3.ClH/c1-3-20-16(18)10-14(17)12-8-9-15(19-2)13-7-5-4-6-11(12)13;/h4-9,14H,3,10,17H2,1-2H3;1H. The average Bonchev–Trinajstić information content (AvgIpc) is 2.46. The molecule has 1 unspecified atom stereocenters. The molecule has 0 fully saturated rings. The van der Waals surface area contributed by atoms with Crippen molar-refractivity contribution >= 4 is 29.1 Å². The van der Waals surface area contributed by atoms with Crippen LogP contribution in [0.15, 0.2) is 36.4 Å². The van der Waals surface area contributed by atoms with Crippen molar-refractivity contribution in [2.45, 2.75) is 19.4 Å². The van der Waals surface area contributed by atoms with Crippen LogP contribution in [0, 0.1) is 0 Å². The van der Waals surface area contributed by atoms with Gasteiger partial charge in [0.2, 0.25) is 0 Å². The van der Waals surface area contributed by atoms with E-state index in [1.807, 2.05) is 36.4 Å². The number of rotatable bonds is 5. The van der Waals surface area contributed by atoms with E-state index in [-0.39, 0.29) is 30.8 Å². The van der Waals surface area contributed by atoms with E-state index < -0.39 is 0 Å². The third-order valence-electron chi connectivity index (χ3n) is 3.23. The molecule has 0 bridgehead atoms. The average molecular weight is 310 g/mol. The number of hydrogen-bond acceptors (Lipinski definition) is 4. The molecule has 0 amide bonds. The summed E-state index contributed by atoms with van der Waals surface area (Å²) in [4.78, 5) is 11.6. The number of halogens is 1. The summed E-state index contributed by atoms with van der Waals surface area (Å²) >= 11 is 0. The van der Waals surface area contributed by atoms with Gasteiger partial charge in [0.1, 0.15) is 5.75 Å². The van der Waals surface area contributed by atoms with Crippen LogP contribution in [0.1, 0.15) is 24.9 Å². The molecule has 0 heterocycles. The molecule has 0 saturated carbocycles. The Kier molecular flexibility index (Phi) is 6.46. The first kappa shape index (κ1) is 17.3. The maximum atomic E-state index is 11.6. The van der Waals surface area contributed by atoms with Gasteiger partial charge in [0.15, 0.2) is 0 Å². The minimum absolute atomic E-state index is 0. The van der Waals surface area contributed by atoms with Crippen LogP contribution in [0.2, 0.25) is 0 Å². The van der Waals surface area contributed by atoms with Gasteiger partial charge < -0.3 is 15.2 Å². The van der Waals surface area contributed by atoms with Crippen LogP contribution < -0.4 is 10.5 Å². The van der Waals surface area contributed by atoms with E-state index >= 15 is 0 Å². The van der Waals surface area contributed by atoms with Crippen molar-refractivity contribution in [3.63, 3.8) is 0 Å². The lowest BCUT2D eigenvalue weighted by atomic mass is 9.97. The summed E-state index contributed by atoms with van der Waals surface area (Å²) < 4.78 is 10.3. The molecule has 2 aromatic carbocycles. The number of ether oxygens (including phenoxy) is 2. The highest BCUT2D eigenvalue weighted by molar-refractivity contribution is 5.91. The molecule has 1 atom stereocenters. The maximum Gasteiger partial charge on any atom is 0.307 e. The van der Waals surface area contributed by atoms with Crippen molar-refractivity contribution in [3.8, 4) is 5.75 Å². The number of hydrogen-bond donors (Lipinski definition) is 1. The summed E-state index contributed by atoms with van der Waals surface area (Å²) in [5.74, 6) is 0.521. The van der Waals surface area contributed by atoms with E-state index in [1.54, 1.807) is 14.0 Å². The minimum atomic E-state index is -0.384. The van der Waals surface area contributed by atoms with E-state index in [9.17, 15) is 4.79 Å². The molecule has 5 heteroatoms. The van der Waals surface area contributed by atoms with E-state index in [1.165, 1.54) is 0 Å². The fourth-order valence-electron chi connectivity index (χ4n) is 2.31. The molecule has 2 rings (SSSR count). The Morgan fingerprint density at radius 3 is 2.48 bits per heavy atom. The molecule has 21 heavy (non-hydrogen) atoms. The molecule has 0 aliphatic heterocycles. The van der Waals surface area contributed by atoms with Crippen LogP contribution >= 0.6 is 12.4 Å². The van der Waals surface area contributed by atoms with Crippen LogP contribution in [-0.2, 0) is 9.53 Å². The zero-order chi connectivity index (χ0) is 14.5. The van der Waals surface area contributed by atoms with E-state index in [4.69, 9.17) is 15.2 Å². The molecule has 0 aromatic heterocycles. The van der Waals surface area contributed by atoms with Gasteiger partial charge in [0.25, 0.3) is 0 Å². The Morgan fingerprint density at radius 1 is 1.19 bits per heavy atom. The molecule has 114 valence electrons. The predicted molar refractivity (Wildman–Crippen MR) is 85.9 cm³/mol. The first-order chi connectivity index (χ1) is 9.67. The lowest BCUT2D eigenvalue weighted by Crippen LogP contribution is -2.17. The van der Waals surface area contributed by atoms with Crippen molar-refractivity contribution in [2.75, 3.05) is 13.7 Å². The van der Waals surface area contributed by atoms with Crippen LogP contribution in [0.3, 0.4) is 0 Å². The highest BCUT2D eigenvalue weighted by atomic mass is 35.5. The summed E-state index contributed by atoms with van der Waals surface area (Å²) in [7, 11) is 1.64. The zero-order valence-corrected chi connectivity index (χ0v) is 13.0. The Hall–Kier alpha value is -1.78. The summed E-state index contributed by atoms with van der Waals surface area (Å²) in [6.07, 6.45) is 0.171. The Labute approximate surface area is 130 Å². The number of carbonyl (C=O) groups is 1. The molecular weight excluding hydrogens is 290 g/mol. The van der Waals surface area contributed by atoms with E-state index in [0.717, 1.165) is 22.1 Å². The normalized spacial score (nSPS) is 11.6. The van der Waals surface area contributed by atoms with Gasteiger partial charge in [0, 0.05) is 11.4 Å². The van der Waals surface area contributed by atoms with Crippen molar-refractivity contribution in [1.29, 1.82) is 0 Å². The molecule has 2 aromatic rings. The second-order valence-corrected chi connectivity index (χ2v) is 4.52. The Morgan fingerprint density at radius 2 is 1.86 bits per heavy atom. The van der Waals surface area contributed by atoms with Gasteiger partial charge in [-0.25, -0.2) is 0 Å². The van der Waals surface area contributed by atoms with Gasteiger partial charge in [-0.15, -0.1) is 12.4 Å². The first-order valence-corrected chi connectivity index (χ1v) is 6.64. The van der Waals surface area contributed by atoms with Gasteiger partial charge in [-0.05, 0) is 23.9 Å². The number of nitrogens with two attached hydrogens (primary N) is 1. The maximum absolute atomic E-state index is 11.6. The second-order valence-electron chi connectivity index (χ2n) is 4.52. The quantitative estimate of drug-likeness (QED) is 0.861. The van der Waals surface area contributed by atoms with E-state index in [2.05, 4.69) is 0 Å². The SMILES string of the molecule is CCOC(=O)CC(N)c1ccc(OC)c2ccccc12.Cl. The van der Waals surface area contributed by atoms with Crippen LogP contribution in [-0.4, -0.2) is 19.7 Å². The Balaban J connectivity index is 0.00000220. The lowest BCUT2D eigenvalue weighted by Gasteiger charge is -2.15. The summed E-state index contributed by atoms with van der Waals surface area (Å²) in [5.41, 5.74) is 7.07. The molecule has 0 spiro atoms. The fraction of sp³-hybridized carbons (Fsp3) is 0.312. The summed E-state index contributed by atoms with van der Waals surface area (Å²) in [6.45, 7) is 2.15. The zero-order valence-electron chi connectivity index (χ0n) is 12.2. The number of esters is 1. The van der Waals surface area contributed by atoms with Crippen molar-refractivity contribution in [3.05, 3.63) is 42.0 Å². The first-order valence-electron chi connectivity index (χ1n) is 6.64. The van der Waals surface area contributed by atoms with Crippen LogP contribution in [0.4, 0.5) is 0 Å². The topological polar surface area (TPSA) is 61.5 Å². The molecule has 0 aliphatic carbocycles. The third kappa shape index (κ3) is 3.86. The molecule has 2 N–H and O–H groups in total. The lowest BCUT2D eigenvalue weighted by molar-refractivity contribution is -0.143. The van der Waals surface area contributed by atoms with Crippen molar-refractivity contribution in [2.24, 2.45) is 5.73 Å². The Bertz CT molecular complexity index is 615. The molecule has 0 aliphatic rings. The van der Waals surface area contributed by atoms with Gasteiger partial charge in [-0.1, -0.05) is 30.3 Å². The number of benzene rings is 2. The minimum Gasteiger partial charge on any atom is -0.496 e. The van der Waals surface area contributed by atoms with Gasteiger partial charge >= 0.3 is 5.97 Å².